The van der Waals surface area contributed by atoms with Crippen LogP contribution in [0, 0.1) is 13.8 Å². The Labute approximate surface area is 246 Å². The van der Waals surface area contributed by atoms with E-state index in [0.717, 1.165) is 22.4 Å². The van der Waals surface area contributed by atoms with E-state index in [2.05, 4.69) is 10.2 Å². The van der Waals surface area contributed by atoms with Gasteiger partial charge in [-0.2, -0.15) is 0 Å². The number of hydrogen-bond donors (Lipinski definition) is 1. The lowest BCUT2D eigenvalue weighted by molar-refractivity contribution is -0.132. The first-order valence-electron chi connectivity index (χ1n) is 12.5. The van der Waals surface area contributed by atoms with Crippen molar-refractivity contribution in [2.75, 3.05) is 23.9 Å². The van der Waals surface area contributed by atoms with Crippen LogP contribution in [0.25, 0.3) is 5.76 Å². The quantitative estimate of drug-likeness (QED) is 0.0833. The topological polar surface area (TPSA) is 86.6 Å². The van der Waals surface area contributed by atoms with E-state index >= 15 is 0 Å². The molecular weight excluding hydrogens is 564 g/mol. The lowest BCUT2D eigenvalue weighted by atomic mass is 9.93. The summed E-state index contributed by atoms with van der Waals surface area (Å²) in [5.41, 5.74) is 4.86. The highest BCUT2D eigenvalue weighted by molar-refractivity contribution is 8.00. The van der Waals surface area contributed by atoms with Gasteiger partial charge in [-0.15, -0.1) is 10.2 Å². The zero-order valence-electron chi connectivity index (χ0n) is 22.4. The van der Waals surface area contributed by atoms with Gasteiger partial charge in [0.25, 0.3) is 5.78 Å². The number of nitrogens with zero attached hydrogens (tertiary/aromatic N) is 4. The summed E-state index contributed by atoms with van der Waals surface area (Å²) in [5.74, 6) is -1.15. The molecule has 0 spiro atoms. The number of benzene rings is 3. The van der Waals surface area contributed by atoms with E-state index in [1.54, 1.807) is 0 Å². The molecule has 1 unspecified atom stereocenters. The van der Waals surface area contributed by atoms with Crippen molar-refractivity contribution in [2.24, 2.45) is 0 Å². The smallest absolute Gasteiger partial charge is 0.301 e. The summed E-state index contributed by atoms with van der Waals surface area (Å²) in [6.07, 6.45) is 0. The first kappa shape index (κ1) is 27.9. The molecule has 1 saturated heterocycles. The molecule has 0 saturated carbocycles. The van der Waals surface area contributed by atoms with Crippen molar-refractivity contribution < 1.29 is 14.7 Å². The summed E-state index contributed by atoms with van der Waals surface area (Å²) in [6.45, 7) is 3.77. The third kappa shape index (κ3) is 5.37. The fourth-order valence-electron chi connectivity index (χ4n) is 4.55. The standard InChI is InChI=1S/C30H27ClN4O3S2/c1-17-9-10-18(2)22(15-17)26(36)24-25(19-11-13-21(14-12-19)34(3)4)35(28(38)27(24)37)29-32-33-30(40-29)39-16-20-7-5-6-8-23(20)31/h5-15,25,36H,16H2,1-4H3/b26-24+. The first-order chi connectivity index (χ1) is 19.2. The first-order valence-corrected chi connectivity index (χ1v) is 14.7. The third-order valence-corrected chi connectivity index (χ3v) is 9.20. The number of carbonyl (C=O) groups excluding carboxylic acids is 2. The minimum atomic E-state index is -0.870. The number of hydrogen-bond acceptors (Lipinski definition) is 8. The van der Waals surface area contributed by atoms with Crippen LogP contribution in [0.1, 0.15) is 33.9 Å². The van der Waals surface area contributed by atoms with Gasteiger partial charge in [-0.1, -0.05) is 82.7 Å². The Kier molecular flexibility index (Phi) is 7.98. The minimum Gasteiger partial charge on any atom is -0.507 e. The number of aromatic nitrogens is 2. The Morgan fingerprint density at radius 2 is 1.77 bits per heavy atom. The Bertz CT molecular complexity index is 1630. The molecule has 40 heavy (non-hydrogen) atoms. The summed E-state index contributed by atoms with van der Waals surface area (Å²) >= 11 is 8.97. The van der Waals surface area contributed by atoms with Crippen LogP contribution in [0.15, 0.2) is 76.6 Å². The van der Waals surface area contributed by atoms with Gasteiger partial charge in [0.15, 0.2) is 4.34 Å². The monoisotopic (exact) mass is 590 g/mol. The van der Waals surface area contributed by atoms with Crippen molar-refractivity contribution in [3.05, 3.63) is 105 Å². The van der Waals surface area contributed by atoms with Gasteiger partial charge in [0.1, 0.15) is 5.76 Å². The maximum absolute atomic E-state index is 13.5. The number of aliphatic hydroxyl groups excluding tert-OH is 1. The molecule has 3 aromatic carbocycles. The van der Waals surface area contributed by atoms with Crippen molar-refractivity contribution in [1.82, 2.24) is 10.2 Å². The molecule has 1 aromatic heterocycles. The molecule has 0 radical (unpaired) electrons. The molecule has 5 rings (SSSR count). The molecule has 4 aromatic rings. The van der Waals surface area contributed by atoms with Crippen LogP contribution in [0.5, 0.6) is 0 Å². The summed E-state index contributed by atoms with van der Waals surface area (Å²) < 4.78 is 0.632. The number of halogens is 1. The van der Waals surface area contributed by atoms with E-state index in [9.17, 15) is 14.7 Å². The second kappa shape index (κ2) is 11.4. The predicted octanol–water partition coefficient (Wildman–Crippen LogP) is 6.79. The zero-order valence-corrected chi connectivity index (χ0v) is 24.8. The van der Waals surface area contributed by atoms with Gasteiger partial charge in [-0.25, -0.2) is 0 Å². The van der Waals surface area contributed by atoms with Gasteiger partial charge < -0.3 is 10.0 Å². The predicted molar refractivity (Wildman–Crippen MR) is 162 cm³/mol. The molecule has 1 aliphatic heterocycles. The van der Waals surface area contributed by atoms with Crippen LogP contribution in [0.3, 0.4) is 0 Å². The molecule has 7 nitrogen and oxygen atoms in total. The molecule has 0 bridgehead atoms. The number of aliphatic hydroxyl groups is 1. The lowest BCUT2D eigenvalue weighted by Crippen LogP contribution is -2.29. The SMILES string of the molecule is Cc1ccc(C)c(/C(O)=C2\C(=O)C(=O)N(c3nnc(SCc4ccccc4Cl)s3)C2c2ccc(N(C)C)cc2)c1. The summed E-state index contributed by atoms with van der Waals surface area (Å²) in [5, 5.41) is 21.0. The Morgan fingerprint density at radius 3 is 2.48 bits per heavy atom. The summed E-state index contributed by atoms with van der Waals surface area (Å²) in [4.78, 5) is 30.4. The number of aryl methyl sites for hydroxylation is 2. The Morgan fingerprint density at radius 1 is 1.05 bits per heavy atom. The number of thioether (sulfide) groups is 1. The molecule has 1 N–H and O–H groups in total. The lowest BCUT2D eigenvalue weighted by Gasteiger charge is -2.23. The maximum atomic E-state index is 13.5. The third-order valence-electron chi connectivity index (χ3n) is 6.73. The second-order valence-electron chi connectivity index (χ2n) is 9.70. The van der Waals surface area contributed by atoms with Crippen LogP contribution < -0.4 is 9.80 Å². The molecule has 204 valence electrons. The second-order valence-corrected chi connectivity index (χ2v) is 12.3. The average Bonchev–Trinajstić information content (AvgIpc) is 3.51. The van der Waals surface area contributed by atoms with Gasteiger partial charge >= 0.3 is 5.91 Å². The molecule has 1 atom stereocenters. The van der Waals surface area contributed by atoms with Crippen molar-refractivity contribution >= 4 is 63.0 Å². The van der Waals surface area contributed by atoms with Crippen LogP contribution in [-0.4, -0.2) is 41.1 Å². The van der Waals surface area contributed by atoms with E-state index in [-0.39, 0.29) is 16.5 Å². The fourth-order valence-corrected chi connectivity index (χ4v) is 6.70. The van der Waals surface area contributed by atoms with Gasteiger partial charge in [0.2, 0.25) is 5.13 Å². The van der Waals surface area contributed by atoms with Crippen molar-refractivity contribution in [3.8, 4) is 0 Å². The molecular formula is C30H27ClN4O3S2. The van der Waals surface area contributed by atoms with E-state index in [1.807, 2.05) is 99.6 Å². The summed E-state index contributed by atoms with van der Waals surface area (Å²) in [7, 11) is 3.87. The van der Waals surface area contributed by atoms with E-state index in [0.29, 0.717) is 26.2 Å². The maximum Gasteiger partial charge on any atom is 0.301 e. The van der Waals surface area contributed by atoms with Gasteiger partial charge in [-0.05, 0) is 54.8 Å². The van der Waals surface area contributed by atoms with Crippen LogP contribution >= 0.6 is 34.7 Å². The van der Waals surface area contributed by atoms with Crippen molar-refractivity contribution in [3.63, 3.8) is 0 Å². The van der Waals surface area contributed by atoms with E-state index in [4.69, 9.17) is 11.6 Å². The minimum absolute atomic E-state index is 0.0248. The zero-order chi connectivity index (χ0) is 28.6. The number of anilines is 2. The largest absolute Gasteiger partial charge is 0.507 e. The Balaban J connectivity index is 1.58. The number of Topliss-reactive ketones (excluding diaryl/α,β-unsaturated/α-hetero) is 1. The van der Waals surface area contributed by atoms with Crippen molar-refractivity contribution in [2.45, 2.75) is 30.0 Å². The normalized spacial score (nSPS) is 16.5. The highest BCUT2D eigenvalue weighted by Gasteiger charge is 2.48. The van der Waals surface area contributed by atoms with Crippen LogP contribution in [-0.2, 0) is 15.3 Å². The summed E-state index contributed by atoms with van der Waals surface area (Å²) in [6, 6.07) is 19.9. The fraction of sp³-hybridized carbons (Fsp3) is 0.200. The van der Waals surface area contributed by atoms with Crippen LogP contribution in [0.4, 0.5) is 10.8 Å². The highest BCUT2D eigenvalue weighted by atomic mass is 35.5. The number of ketones is 1. The van der Waals surface area contributed by atoms with Gasteiger partial charge in [0.05, 0.1) is 11.6 Å². The number of carbonyl (C=O) groups is 2. The molecule has 1 fully saturated rings. The average molecular weight is 591 g/mol. The van der Waals surface area contributed by atoms with Crippen LogP contribution in [0.2, 0.25) is 5.02 Å². The van der Waals surface area contributed by atoms with E-state index in [1.165, 1.54) is 28.0 Å². The number of rotatable bonds is 7. The molecule has 1 aliphatic rings. The molecule has 0 aliphatic carbocycles. The highest BCUT2D eigenvalue weighted by Crippen LogP contribution is 2.44. The van der Waals surface area contributed by atoms with Crippen molar-refractivity contribution in [1.29, 1.82) is 0 Å². The van der Waals surface area contributed by atoms with Gasteiger partial charge in [0, 0.05) is 36.1 Å². The number of amides is 1. The molecule has 10 heteroatoms. The Hall–Kier alpha value is -3.66. The van der Waals surface area contributed by atoms with Gasteiger partial charge in [-0.3, -0.25) is 14.5 Å². The van der Waals surface area contributed by atoms with E-state index < -0.39 is 17.7 Å². The molecule has 1 amide bonds. The molecule has 2 heterocycles.